The zero-order valence-electron chi connectivity index (χ0n) is 22.9. The lowest BCUT2D eigenvalue weighted by atomic mass is 9.84. The predicted molar refractivity (Wildman–Crippen MR) is 167 cm³/mol. The summed E-state index contributed by atoms with van der Waals surface area (Å²) in [6.07, 6.45) is 1.92. The van der Waals surface area contributed by atoms with E-state index in [1.54, 1.807) is 0 Å². The molecule has 0 fully saturated rings. The second kappa shape index (κ2) is 12.3. The van der Waals surface area contributed by atoms with E-state index in [1.165, 1.54) is 39.2 Å². The molecule has 0 N–H and O–H groups in total. The van der Waals surface area contributed by atoms with Gasteiger partial charge in [-0.05, 0) is 57.6 Å². The van der Waals surface area contributed by atoms with E-state index in [0.29, 0.717) is 0 Å². The largest absolute Gasteiger partial charge is 0.370 e. The van der Waals surface area contributed by atoms with E-state index in [0.717, 1.165) is 18.7 Å². The molecule has 39 heavy (non-hydrogen) atoms. The van der Waals surface area contributed by atoms with Gasteiger partial charge in [0.05, 0.1) is 0 Å². The van der Waals surface area contributed by atoms with Gasteiger partial charge in [-0.15, -0.1) is 0 Å². The maximum Gasteiger partial charge on any atom is 0.0426 e. The van der Waals surface area contributed by atoms with Gasteiger partial charge in [-0.25, -0.2) is 0 Å². The first kappa shape index (κ1) is 26.1. The minimum atomic E-state index is 0.131. The average molecular weight is 509 g/mol. The smallest absolute Gasteiger partial charge is 0.0426 e. The summed E-state index contributed by atoms with van der Waals surface area (Å²) < 4.78 is 0. The third-order valence-electron chi connectivity index (χ3n) is 7.34. The van der Waals surface area contributed by atoms with Crippen LogP contribution in [0.3, 0.4) is 0 Å². The van der Waals surface area contributed by atoms with Crippen LogP contribution in [0.1, 0.15) is 39.3 Å². The third kappa shape index (κ3) is 6.48. The van der Waals surface area contributed by atoms with Gasteiger partial charge < -0.3 is 9.80 Å². The molecule has 0 saturated heterocycles. The van der Waals surface area contributed by atoms with Crippen molar-refractivity contribution in [3.63, 3.8) is 0 Å². The van der Waals surface area contributed by atoms with Crippen LogP contribution in [0.15, 0.2) is 140 Å². The summed E-state index contributed by atoms with van der Waals surface area (Å²) >= 11 is 0. The van der Waals surface area contributed by atoms with Crippen LogP contribution in [-0.2, 0) is 13.1 Å². The fourth-order valence-electron chi connectivity index (χ4n) is 5.18. The molecule has 0 amide bonds. The molecule has 0 heterocycles. The highest BCUT2D eigenvalue weighted by molar-refractivity contribution is 5.56. The summed E-state index contributed by atoms with van der Waals surface area (Å²) in [5.41, 5.74) is 9.98. The van der Waals surface area contributed by atoms with Crippen molar-refractivity contribution in [3.05, 3.63) is 173 Å². The van der Waals surface area contributed by atoms with Gasteiger partial charge in [0.25, 0.3) is 0 Å². The van der Waals surface area contributed by atoms with Crippen LogP contribution in [0.25, 0.3) is 6.08 Å². The molecule has 0 aliphatic carbocycles. The van der Waals surface area contributed by atoms with Gasteiger partial charge >= 0.3 is 0 Å². The molecule has 2 heteroatoms. The first-order chi connectivity index (χ1) is 19.1. The van der Waals surface area contributed by atoms with E-state index in [9.17, 15) is 0 Å². The molecule has 0 bridgehead atoms. The topological polar surface area (TPSA) is 6.48 Å². The molecule has 0 saturated carbocycles. The van der Waals surface area contributed by atoms with Gasteiger partial charge in [-0.3, -0.25) is 0 Å². The molecule has 0 unspecified atom stereocenters. The Bertz CT molecular complexity index is 1380. The molecule has 0 aromatic heterocycles. The number of nitrogens with zero attached hydrogens (tertiary/aromatic N) is 2. The van der Waals surface area contributed by atoms with Crippen molar-refractivity contribution in [1.82, 2.24) is 0 Å². The van der Waals surface area contributed by atoms with Gasteiger partial charge in [0.2, 0.25) is 0 Å². The first-order valence-electron chi connectivity index (χ1n) is 13.5. The molecule has 5 aromatic carbocycles. The molecule has 194 valence electrons. The van der Waals surface area contributed by atoms with Crippen molar-refractivity contribution < 1.29 is 0 Å². The Hall–Kier alpha value is -4.56. The standard InChI is InChI=1S/C37H36N2/c1-4-29-16-11-17-34(26-29)37(32-18-22-35(23-19-32)38(2)27-30-12-7-5-8-13-30)33-20-24-36(25-21-33)39(3)28-31-14-9-6-10-15-31/h4-26,37H,1,27-28H2,2-3H3. The minimum Gasteiger partial charge on any atom is -0.370 e. The Morgan fingerprint density at radius 3 is 1.44 bits per heavy atom. The maximum absolute atomic E-state index is 4.00. The molecule has 0 spiro atoms. The molecule has 5 rings (SSSR count). The van der Waals surface area contributed by atoms with Crippen LogP contribution >= 0.6 is 0 Å². The van der Waals surface area contributed by atoms with E-state index < -0.39 is 0 Å². The van der Waals surface area contributed by atoms with Crippen molar-refractivity contribution in [1.29, 1.82) is 0 Å². The quantitative estimate of drug-likeness (QED) is 0.174. The van der Waals surface area contributed by atoms with Crippen LogP contribution in [0.5, 0.6) is 0 Å². The fourth-order valence-corrected chi connectivity index (χ4v) is 5.18. The SMILES string of the molecule is C=Cc1cccc(C(c2ccc(N(C)Cc3ccccc3)cc2)c2ccc(N(C)Cc3ccccc3)cc2)c1. The number of rotatable bonds is 10. The summed E-state index contributed by atoms with van der Waals surface area (Å²) in [4.78, 5) is 4.59. The van der Waals surface area contributed by atoms with E-state index in [1.807, 2.05) is 6.08 Å². The van der Waals surface area contributed by atoms with Crippen molar-refractivity contribution in [2.24, 2.45) is 0 Å². The van der Waals surface area contributed by atoms with Crippen LogP contribution in [0.4, 0.5) is 11.4 Å². The molecular weight excluding hydrogens is 472 g/mol. The van der Waals surface area contributed by atoms with Crippen molar-refractivity contribution in [2.45, 2.75) is 19.0 Å². The van der Waals surface area contributed by atoms with Crippen LogP contribution < -0.4 is 9.80 Å². The summed E-state index contributed by atoms with van der Waals surface area (Å²) in [7, 11) is 4.30. The Labute approximate surface area is 233 Å². The zero-order chi connectivity index (χ0) is 27.0. The zero-order valence-corrected chi connectivity index (χ0v) is 22.9. The van der Waals surface area contributed by atoms with Crippen LogP contribution in [0, 0.1) is 0 Å². The molecular formula is C37H36N2. The van der Waals surface area contributed by atoms with E-state index in [-0.39, 0.29) is 5.92 Å². The van der Waals surface area contributed by atoms with Crippen molar-refractivity contribution in [2.75, 3.05) is 23.9 Å². The van der Waals surface area contributed by atoms with Gasteiger partial charge in [-0.1, -0.05) is 122 Å². The van der Waals surface area contributed by atoms with Crippen molar-refractivity contribution >= 4 is 17.5 Å². The Kier molecular flexibility index (Phi) is 8.23. The number of hydrogen-bond donors (Lipinski definition) is 0. The maximum atomic E-state index is 4.00. The Balaban J connectivity index is 1.42. The first-order valence-corrected chi connectivity index (χ1v) is 13.5. The lowest BCUT2D eigenvalue weighted by Crippen LogP contribution is -2.16. The Morgan fingerprint density at radius 2 is 1.00 bits per heavy atom. The number of benzene rings is 5. The lowest BCUT2D eigenvalue weighted by molar-refractivity contribution is 0.914. The molecule has 5 aromatic rings. The summed E-state index contributed by atoms with van der Waals surface area (Å²) in [6, 6.07) is 48.0. The Morgan fingerprint density at radius 1 is 0.538 bits per heavy atom. The highest BCUT2D eigenvalue weighted by Gasteiger charge is 2.18. The second-order valence-electron chi connectivity index (χ2n) is 10.2. The summed E-state index contributed by atoms with van der Waals surface area (Å²) in [6.45, 7) is 5.75. The number of anilines is 2. The average Bonchev–Trinajstić information content (AvgIpc) is 2.99. The fraction of sp³-hybridized carbons (Fsp3) is 0.135. The number of hydrogen-bond acceptors (Lipinski definition) is 2. The van der Waals surface area contributed by atoms with E-state index in [4.69, 9.17) is 0 Å². The van der Waals surface area contributed by atoms with E-state index >= 15 is 0 Å². The second-order valence-corrected chi connectivity index (χ2v) is 10.2. The highest BCUT2D eigenvalue weighted by Crippen LogP contribution is 2.34. The highest BCUT2D eigenvalue weighted by atomic mass is 15.1. The van der Waals surface area contributed by atoms with Crippen LogP contribution in [0.2, 0.25) is 0 Å². The molecule has 0 atom stereocenters. The van der Waals surface area contributed by atoms with Gasteiger partial charge in [0.1, 0.15) is 0 Å². The third-order valence-corrected chi connectivity index (χ3v) is 7.34. The van der Waals surface area contributed by atoms with Gasteiger partial charge in [0.15, 0.2) is 0 Å². The normalized spacial score (nSPS) is 10.8. The molecule has 2 nitrogen and oxygen atoms in total. The minimum absolute atomic E-state index is 0.131. The summed E-state index contributed by atoms with van der Waals surface area (Å²) in [5, 5.41) is 0. The van der Waals surface area contributed by atoms with Crippen LogP contribution in [-0.4, -0.2) is 14.1 Å². The molecule has 0 radical (unpaired) electrons. The summed E-state index contributed by atoms with van der Waals surface area (Å²) in [5.74, 6) is 0.131. The monoisotopic (exact) mass is 508 g/mol. The molecule has 0 aliphatic heterocycles. The molecule has 0 aliphatic rings. The van der Waals surface area contributed by atoms with Gasteiger partial charge in [0, 0.05) is 44.5 Å². The van der Waals surface area contributed by atoms with E-state index in [2.05, 4.69) is 164 Å². The van der Waals surface area contributed by atoms with Gasteiger partial charge in [-0.2, -0.15) is 0 Å². The van der Waals surface area contributed by atoms with Crippen molar-refractivity contribution in [3.8, 4) is 0 Å². The predicted octanol–water partition coefficient (Wildman–Crippen LogP) is 8.78. The lowest BCUT2D eigenvalue weighted by Gasteiger charge is -2.24.